The van der Waals surface area contributed by atoms with Gasteiger partial charge in [-0.05, 0) is 24.6 Å². The highest BCUT2D eigenvalue weighted by molar-refractivity contribution is 5.93. The fraction of sp³-hybridized carbons (Fsp3) is 0.429. The maximum atomic E-state index is 12.1. The number of halogens is 3. The fourth-order valence-corrected chi connectivity index (χ4v) is 2.04. The number of anilines is 2. The van der Waals surface area contributed by atoms with Crippen LogP contribution in [0.3, 0.4) is 0 Å². The Bertz CT molecular complexity index is 609. The van der Waals surface area contributed by atoms with Gasteiger partial charge in [0.15, 0.2) is 6.10 Å². The predicted octanol–water partition coefficient (Wildman–Crippen LogP) is 2.08. The van der Waals surface area contributed by atoms with Gasteiger partial charge < -0.3 is 20.5 Å². The lowest BCUT2D eigenvalue weighted by atomic mass is 10.2. The molecule has 3 N–H and O–H groups in total. The topological polar surface area (TPSA) is 90.9 Å². The van der Waals surface area contributed by atoms with Crippen molar-refractivity contribution in [1.29, 1.82) is 0 Å². The number of amides is 3. The molecule has 0 bridgehead atoms. The largest absolute Gasteiger partial charge is 0.447 e. The Morgan fingerprint density at radius 2 is 2.17 bits per heavy atom. The van der Waals surface area contributed by atoms with Crippen molar-refractivity contribution < 1.29 is 32.6 Å². The zero-order valence-corrected chi connectivity index (χ0v) is 12.5. The number of nitrogens with one attached hydrogen (secondary N) is 2. The first-order chi connectivity index (χ1) is 11.3. The van der Waals surface area contributed by atoms with Crippen molar-refractivity contribution in [3.05, 3.63) is 24.3 Å². The zero-order valence-electron chi connectivity index (χ0n) is 12.5. The monoisotopic (exact) mass is 347 g/mol. The third kappa shape index (κ3) is 4.75. The highest BCUT2D eigenvalue weighted by Gasteiger charge is 2.37. The molecule has 2 rings (SSSR count). The summed E-state index contributed by atoms with van der Waals surface area (Å²) >= 11 is 0. The number of urea groups is 1. The van der Waals surface area contributed by atoms with Crippen molar-refractivity contribution in [2.75, 3.05) is 29.9 Å². The highest BCUT2D eigenvalue weighted by Crippen LogP contribution is 2.23. The molecule has 0 saturated carbocycles. The van der Waals surface area contributed by atoms with E-state index in [1.807, 2.05) is 0 Å². The van der Waals surface area contributed by atoms with Crippen molar-refractivity contribution in [3.8, 4) is 0 Å². The van der Waals surface area contributed by atoms with E-state index >= 15 is 0 Å². The fourth-order valence-electron chi connectivity index (χ4n) is 2.04. The third-order valence-electron chi connectivity index (χ3n) is 3.26. The number of benzene rings is 1. The minimum absolute atomic E-state index is 0.276. The van der Waals surface area contributed by atoms with E-state index in [2.05, 4.69) is 10.6 Å². The van der Waals surface area contributed by atoms with Crippen molar-refractivity contribution in [2.45, 2.75) is 18.7 Å². The van der Waals surface area contributed by atoms with Crippen LogP contribution in [0.1, 0.15) is 6.42 Å². The molecule has 0 spiro atoms. The van der Waals surface area contributed by atoms with E-state index < -0.39 is 30.8 Å². The number of hydrogen-bond acceptors (Lipinski definition) is 4. The number of carbonyl (C=O) groups excluding carboxylic acids is 2. The number of hydrogen-bond donors (Lipinski definition) is 3. The van der Waals surface area contributed by atoms with Crippen LogP contribution in [0.2, 0.25) is 0 Å². The molecule has 3 amide bonds. The van der Waals surface area contributed by atoms with Gasteiger partial charge in [-0.1, -0.05) is 6.07 Å². The number of cyclic esters (lactones) is 1. The van der Waals surface area contributed by atoms with Crippen molar-refractivity contribution in [3.63, 3.8) is 0 Å². The average Bonchev–Trinajstić information content (AvgIpc) is 2.92. The maximum Gasteiger partial charge on any atom is 0.414 e. The van der Waals surface area contributed by atoms with Crippen molar-refractivity contribution in [2.24, 2.45) is 0 Å². The van der Waals surface area contributed by atoms with Crippen LogP contribution in [0.25, 0.3) is 0 Å². The molecule has 7 nitrogen and oxygen atoms in total. The van der Waals surface area contributed by atoms with Crippen LogP contribution in [-0.4, -0.2) is 49.2 Å². The lowest BCUT2D eigenvalue weighted by Crippen LogP contribution is -2.35. The van der Waals surface area contributed by atoms with Gasteiger partial charge in [0.25, 0.3) is 0 Å². The summed E-state index contributed by atoms with van der Waals surface area (Å²) < 4.78 is 41.2. The van der Waals surface area contributed by atoms with Gasteiger partial charge in [-0.3, -0.25) is 4.90 Å². The molecule has 0 aromatic heterocycles. The van der Waals surface area contributed by atoms with E-state index in [0.29, 0.717) is 17.9 Å². The number of nitrogens with zero attached hydrogens (tertiary/aromatic N) is 1. The van der Waals surface area contributed by atoms with Crippen LogP contribution in [0.5, 0.6) is 0 Å². The van der Waals surface area contributed by atoms with Gasteiger partial charge in [-0.15, -0.1) is 0 Å². The molecule has 0 aliphatic carbocycles. The Hall–Kier alpha value is -2.49. The average molecular weight is 347 g/mol. The predicted molar refractivity (Wildman–Crippen MR) is 78.8 cm³/mol. The van der Waals surface area contributed by atoms with Crippen LogP contribution in [0, 0.1) is 0 Å². The normalized spacial score (nSPS) is 15.8. The van der Waals surface area contributed by atoms with Crippen LogP contribution in [0.15, 0.2) is 24.3 Å². The second-order valence-corrected chi connectivity index (χ2v) is 5.04. The highest BCUT2D eigenvalue weighted by atomic mass is 19.4. The Morgan fingerprint density at radius 3 is 2.79 bits per heavy atom. The number of aliphatic hydroxyl groups excluding tert-OH is 1. The second kappa shape index (κ2) is 7.39. The molecule has 0 unspecified atom stereocenters. The molecular formula is C14H16F3N3O4. The third-order valence-corrected chi connectivity index (χ3v) is 3.26. The van der Waals surface area contributed by atoms with Crippen molar-refractivity contribution >= 4 is 23.5 Å². The van der Waals surface area contributed by atoms with Gasteiger partial charge in [0.1, 0.15) is 6.61 Å². The number of alkyl halides is 3. The van der Waals surface area contributed by atoms with Gasteiger partial charge >= 0.3 is 18.3 Å². The molecule has 1 aliphatic heterocycles. The quantitative estimate of drug-likeness (QED) is 0.761. The SMILES string of the molecule is O=C(NCC[C@H](O)C(F)(F)F)Nc1cccc(N2CCOC2=O)c1. The smallest absolute Gasteiger partial charge is 0.414 e. The molecule has 24 heavy (non-hydrogen) atoms. The van der Waals surface area contributed by atoms with Crippen molar-refractivity contribution in [1.82, 2.24) is 5.32 Å². The Morgan fingerprint density at radius 1 is 1.42 bits per heavy atom. The standard InChI is InChI=1S/C14H16F3N3O4/c15-14(16,17)11(21)4-5-18-12(22)19-9-2-1-3-10(8-9)20-6-7-24-13(20)23/h1-3,8,11,21H,4-7H2,(H2,18,19,22)/t11-/m0/s1. The molecule has 1 heterocycles. The number of rotatable bonds is 5. The van der Waals surface area contributed by atoms with Gasteiger partial charge in [0, 0.05) is 17.9 Å². The maximum absolute atomic E-state index is 12.1. The van der Waals surface area contributed by atoms with Gasteiger partial charge in [-0.25, -0.2) is 9.59 Å². The molecule has 1 aromatic rings. The zero-order chi connectivity index (χ0) is 17.7. The summed E-state index contributed by atoms with van der Waals surface area (Å²) in [5, 5.41) is 13.5. The Balaban J connectivity index is 1.85. The van der Waals surface area contributed by atoms with Crippen LogP contribution < -0.4 is 15.5 Å². The summed E-state index contributed by atoms with van der Waals surface area (Å²) in [6, 6.07) is 5.66. The lowest BCUT2D eigenvalue weighted by Gasteiger charge is -2.16. The molecule has 1 aliphatic rings. The molecule has 1 atom stereocenters. The summed E-state index contributed by atoms with van der Waals surface area (Å²) in [5.41, 5.74) is 0.892. The lowest BCUT2D eigenvalue weighted by molar-refractivity contribution is -0.204. The molecule has 1 saturated heterocycles. The molecular weight excluding hydrogens is 331 g/mol. The first kappa shape index (κ1) is 17.9. The van der Waals surface area contributed by atoms with Gasteiger partial charge in [-0.2, -0.15) is 13.2 Å². The minimum Gasteiger partial charge on any atom is -0.447 e. The summed E-state index contributed by atoms with van der Waals surface area (Å²) in [6.45, 7) is 0.326. The number of ether oxygens (including phenoxy) is 1. The first-order valence-corrected chi connectivity index (χ1v) is 7.11. The van der Waals surface area contributed by atoms with Crippen LogP contribution >= 0.6 is 0 Å². The number of aliphatic hydroxyl groups is 1. The molecule has 132 valence electrons. The van der Waals surface area contributed by atoms with E-state index in [-0.39, 0.29) is 13.2 Å². The van der Waals surface area contributed by atoms with E-state index in [1.165, 1.54) is 11.0 Å². The minimum atomic E-state index is -4.71. The van der Waals surface area contributed by atoms with E-state index in [1.54, 1.807) is 18.2 Å². The summed E-state index contributed by atoms with van der Waals surface area (Å²) in [7, 11) is 0. The summed E-state index contributed by atoms with van der Waals surface area (Å²) in [4.78, 5) is 24.5. The molecule has 1 fully saturated rings. The first-order valence-electron chi connectivity index (χ1n) is 7.11. The van der Waals surface area contributed by atoms with Gasteiger partial charge in [0.2, 0.25) is 0 Å². The van der Waals surface area contributed by atoms with Crippen LogP contribution in [-0.2, 0) is 4.74 Å². The van der Waals surface area contributed by atoms with Crippen LogP contribution in [0.4, 0.5) is 34.1 Å². The van der Waals surface area contributed by atoms with E-state index in [4.69, 9.17) is 9.84 Å². The molecule has 10 heteroatoms. The Labute approximate surface area is 135 Å². The second-order valence-electron chi connectivity index (χ2n) is 5.04. The Kier molecular flexibility index (Phi) is 5.50. The number of carbonyl (C=O) groups is 2. The summed E-state index contributed by atoms with van der Waals surface area (Å²) in [6.07, 6.45) is -8.33. The van der Waals surface area contributed by atoms with E-state index in [0.717, 1.165) is 0 Å². The summed E-state index contributed by atoms with van der Waals surface area (Å²) in [5.74, 6) is 0. The molecule has 0 radical (unpaired) electrons. The van der Waals surface area contributed by atoms with E-state index in [9.17, 15) is 22.8 Å². The van der Waals surface area contributed by atoms with Gasteiger partial charge in [0.05, 0.1) is 6.54 Å². The molecule has 1 aromatic carbocycles.